The van der Waals surface area contributed by atoms with Crippen molar-refractivity contribution in [3.8, 4) is 0 Å². The maximum atomic E-state index is 12.7. The van der Waals surface area contributed by atoms with Crippen LogP contribution in [0.15, 0.2) is 34.1 Å². The molecule has 1 saturated heterocycles. The lowest BCUT2D eigenvalue weighted by molar-refractivity contribution is 0.348. The Morgan fingerprint density at radius 3 is 2.14 bits per heavy atom. The highest BCUT2D eigenvalue weighted by Crippen LogP contribution is 2.22. The van der Waals surface area contributed by atoms with Gasteiger partial charge in [0, 0.05) is 25.4 Å². The number of rotatable bonds is 5. The molecule has 118 valence electrons. The number of hydrogen-bond donors (Lipinski definition) is 1. The molecule has 1 unspecified atom stereocenters. The summed E-state index contributed by atoms with van der Waals surface area (Å²) in [5, 5.41) is 3.15. The van der Waals surface area contributed by atoms with Crippen molar-refractivity contribution in [1.82, 2.24) is 9.62 Å². The zero-order chi connectivity index (χ0) is 15.7. The van der Waals surface area contributed by atoms with Crippen LogP contribution in [-0.2, 0) is 19.9 Å². The van der Waals surface area contributed by atoms with Crippen LogP contribution in [0.3, 0.4) is 0 Å². The van der Waals surface area contributed by atoms with E-state index in [9.17, 15) is 16.8 Å². The molecule has 6 nitrogen and oxygen atoms in total. The summed E-state index contributed by atoms with van der Waals surface area (Å²) in [6, 6.07) is 5.34. The molecule has 1 atom stereocenters. The van der Waals surface area contributed by atoms with Gasteiger partial charge in [-0.05, 0) is 37.2 Å². The van der Waals surface area contributed by atoms with E-state index in [-0.39, 0.29) is 15.8 Å². The van der Waals surface area contributed by atoms with Crippen LogP contribution in [0.25, 0.3) is 0 Å². The summed E-state index contributed by atoms with van der Waals surface area (Å²) in [5.74, 6) is 0. The highest BCUT2D eigenvalue weighted by Gasteiger charge is 2.31. The Bertz CT molecular complexity index is 690. The minimum atomic E-state index is -3.60. The number of likely N-dealkylation sites (N-methyl/N-ethyl adjacent to an activating group) is 1. The van der Waals surface area contributed by atoms with E-state index in [0.717, 1.165) is 19.2 Å². The van der Waals surface area contributed by atoms with E-state index in [2.05, 4.69) is 5.32 Å². The molecule has 2 rings (SSSR count). The average molecular weight is 332 g/mol. The van der Waals surface area contributed by atoms with Crippen LogP contribution >= 0.6 is 0 Å². The molecular formula is C13H20N2O4S2. The van der Waals surface area contributed by atoms with Crippen molar-refractivity contribution in [2.45, 2.75) is 29.2 Å². The van der Waals surface area contributed by atoms with Gasteiger partial charge in [-0.15, -0.1) is 0 Å². The Morgan fingerprint density at radius 2 is 1.71 bits per heavy atom. The van der Waals surface area contributed by atoms with Crippen LogP contribution in [0.4, 0.5) is 0 Å². The molecule has 1 aliphatic heterocycles. The second kappa shape index (κ2) is 6.04. The molecule has 1 N–H and O–H groups in total. The lowest BCUT2D eigenvalue weighted by Crippen LogP contribution is -2.41. The van der Waals surface area contributed by atoms with Gasteiger partial charge in [-0.1, -0.05) is 6.92 Å². The number of benzene rings is 1. The Balaban J connectivity index is 2.34. The van der Waals surface area contributed by atoms with E-state index in [1.54, 1.807) is 6.92 Å². The highest BCUT2D eigenvalue weighted by molar-refractivity contribution is 7.90. The molecule has 0 spiro atoms. The lowest BCUT2D eigenvalue weighted by Gasteiger charge is -2.26. The van der Waals surface area contributed by atoms with E-state index in [4.69, 9.17) is 0 Å². The smallest absolute Gasteiger partial charge is 0.243 e. The van der Waals surface area contributed by atoms with Gasteiger partial charge in [-0.25, -0.2) is 16.8 Å². The quantitative estimate of drug-likeness (QED) is 0.847. The molecule has 0 saturated carbocycles. The van der Waals surface area contributed by atoms with Gasteiger partial charge in [0.25, 0.3) is 0 Å². The van der Waals surface area contributed by atoms with Gasteiger partial charge in [0.2, 0.25) is 10.0 Å². The normalized spacial score (nSPS) is 20.0. The highest BCUT2D eigenvalue weighted by atomic mass is 32.2. The number of sulfone groups is 1. The van der Waals surface area contributed by atoms with Crippen molar-refractivity contribution in [3.05, 3.63) is 24.3 Å². The van der Waals surface area contributed by atoms with Crippen molar-refractivity contribution in [2.24, 2.45) is 0 Å². The Hall–Kier alpha value is -0.960. The average Bonchev–Trinajstić information content (AvgIpc) is 2.92. The third-order valence-corrected chi connectivity index (χ3v) is 6.78. The molecule has 1 heterocycles. The fourth-order valence-electron chi connectivity index (χ4n) is 2.50. The summed E-state index contributed by atoms with van der Waals surface area (Å²) in [5.41, 5.74) is 0. The van der Waals surface area contributed by atoms with Gasteiger partial charge in [0.05, 0.1) is 9.79 Å². The van der Waals surface area contributed by atoms with Crippen molar-refractivity contribution < 1.29 is 16.8 Å². The Morgan fingerprint density at radius 1 is 1.14 bits per heavy atom. The van der Waals surface area contributed by atoms with Crippen molar-refractivity contribution in [1.29, 1.82) is 0 Å². The van der Waals surface area contributed by atoms with Gasteiger partial charge in [0.1, 0.15) is 0 Å². The SMILES string of the molecule is CCN(C1CCNC1)S(=O)(=O)c1ccc(S(C)(=O)=O)cc1. The van der Waals surface area contributed by atoms with E-state index >= 15 is 0 Å². The molecule has 1 aliphatic rings. The maximum Gasteiger partial charge on any atom is 0.243 e. The van der Waals surface area contributed by atoms with E-state index in [1.165, 1.54) is 28.6 Å². The Labute approximate surface area is 126 Å². The third kappa shape index (κ3) is 3.45. The monoisotopic (exact) mass is 332 g/mol. The van der Waals surface area contributed by atoms with Crippen molar-refractivity contribution >= 4 is 19.9 Å². The lowest BCUT2D eigenvalue weighted by atomic mass is 10.3. The molecule has 21 heavy (non-hydrogen) atoms. The van der Waals surface area contributed by atoms with Gasteiger partial charge >= 0.3 is 0 Å². The van der Waals surface area contributed by atoms with Crippen LogP contribution in [0.5, 0.6) is 0 Å². The first-order valence-electron chi connectivity index (χ1n) is 6.79. The number of hydrogen-bond acceptors (Lipinski definition) is 5. The number of nitrogens with one attached hydrogen (secondary N) is 1. The van der Waals surface area contributed by atoms with Gasteiger partial charge in [0.15, 0.2) is 9.84 Å². The molecule has 0 aliphatic carbocycles. The minimum absolute atomic E-state index is 0.0467. The molecule has 0 bridgehead atoms. The molecular weight excluding hydrogens is 312 g/mol. The summed E-state index contributed by atoms with van der Waals surface area (Å²) in [6.07, 6.45) is 1.88. The summed E-state index contributed by atoms with van der Waals surface area (Å²) < 4.78 is 49.6. The van der Waals surface area contributed by atoms with Crippen LogP contribution in [-0.4, -0.2) is 53.1 Å². The Kier molecular flexibility index (Phi) is 4.72. The van der Waals surface area contributed by atoms with Crippen molar-refractivity contribution in [2.75, 3.05) is 25.9 Å². The summed E-state index contributed by atoms with van der Waals surface area (Å²) in [4.78, 5) is 0.246. The fourth-order valence-corrected chi connectivity index (χ4v) is 4.80. The van der Waals surface area contributed by atoms with Crippen LogP contribution in [0, 0.1) is 0 Å². The minimum Gasteiger partial charge on any atom is -0.315 e. The molecule has 0 radical (unpaired) electrons. The third-order valence-electron chi connectivity index (χ3n) is 3.61. The summed E-state index contributed by atoms with van der Waals surface area (Å²) in [6.45, 7) is 3.65. The predicted molar refractivity (Wildman–Crippen MR) is 80.4 cm³/mol. The van der Waals surface area contributed by atoms with Crippen LogP contribution in [0.2, 0.25) is 0 Å². The van der Waals surface area contributed by atoms with Gasteiger partial charge in [-0.3, -0.25) is 0 Å². The van der Waals surface area contributed by atoms with Gasteiger partial charge < -0.3 is 5.32 Å². The molecule has 0 amide bonds. The molecule has 1 aromatic carbocycles. The standard InChI is InChI=1S/C13H20N2O4S2/c1-3-15(11-8-9-14-10-11)21(18,19)13-6-4-12(5-7-13)20(2,16)17/h4-7,11,14H,3,8-10H2,1-2H3. The fraction of sp³-hybridized carbons (Fsp3) is 0.538. The van der Waals surface area contributed by atoms with E-state index in [1.807, 2.05) is 0 Å². The first-order chi connectivity index (χ1) is 9.76. The first kappa shape index (κ1) is 16.4. The molecule has 0 aromatic heterocycles. The summed E-state index contributed by atoms with van der Waals surface area (Å²) >= 11 is 0. The molecule has 1 aromatic rings. The van der Waals surface area contributed by atoms with Crippen LogP contribution in [0.1, 0.15) is 13.3 Å². The number of sulfonamides is 1. The van der Waals surface area contributed by atoms with E-state index < -0.39 is 19.9 Å². The molecule has 8 heteroatoms. The summed E-state index contributed by atoms with van der Waals surface area (Å²) in [7, 11) is -6.92. The zero-order valence-electron chi connectivity index (χ0n) is 12.1. The molecule has 1 fully saturated rings. The predicted octanol–water partition coefficient (Wildman–Crippen LogP) is 0.463. The van der Waals surface area contributed by atoms with Gasteiger partial charge in [-0.2, -0.15) is 4.31 Å². The second-order valence-corrected chi connectivity index (χ2v) is 9.00. The topological polar surface area (TPSA) is 83.6 Å². The maximum absolute atomic E-state index is 12.7. The zero-order valence-corrected chi connectivity index (χ0v) is 13.7. The second-order valence-electron chi connectivity index (χ2n) is 5.10. The first-order valence-corrected chi connectivity index (χ1v) is 10.1. The van der Waals surface area contributed by atoms with Crippen LogP contribution < -0.4 is 5.32 Å². The van der Waals surface area contributed by atoms with E-state index in [0.29, 0.717) is 13.1 Å². The van der Waals surface area contributed by atoms with Crippen molar-refractivity contribution in [3.63, 3.8) is 0 Å². The largest absolute Gasteiger partial charge is 0.315 e. The number of nitrogens with zero attached hydrogens (tertiary/aromatic N) is 1.